The summed E-state index contributed by atoms with van der Waals surface area (Å²) in [6.07, 6.45) is 5.20. The molecule has 0 aromatic heterocycles. The molecule has 1 aromatic carbocycles. The summed E-state index contributed by atoms with van der Waals surface area (Å²) in [6, 6.07) is 5.88. The van der Waals surface area contributed by atoms with E-state index in [-0.39, 0.29) is 17.8 Å². The van der Waals surface area contributed by atoms with Crippen LogP contribution in [0.15, 0.2) is 24.3 Å². The zero-order valence-corrected chi connectivity index (χ0v) is 16.5. The number of sulfonamides is 1. The standard InChI is InChI=1S/C18H30N2O5S/c1-3-5-9-16(4-2)14-25-13-8-12-19-26(23,24)15-17-10-6-7-11-18(17)20(21)22/h6-7,10-11,16,19H,3-5,8-9,12-15H2,1-2H3. The van der Waals surface area contributed by atoms with Gasteiger partial charge in [-0.2, -0.15) is 0 Å². The monoisotopic (exact) mass is 386 g/mol. The number of nitrogens with zero attached hydrogens (tertiary/aromatic N) is 1. The number of ether oxygens (including phenoxy) is 1. The van der Waals surface area contributed by atoms with Crippen LogP contribution in [0.4, 0.5) is 5.69 Å². The minimum Gasteiger partial charge on any atom is -0.381 e. The van der Waals surface area contributed by atoms with E-state index in [4.69, 9.17) is 4.74 Å². The van der Waals surface area contributed by atoms with E-state index in [1.165, 1.54) is 31.0 Å². The highest BCUT2D eigenvalue weighted by molar-refractivity contribution is 7.88. The van der Waals surface area contributed by atoms with E-state index in [2.05, 4.69) is 18.6 Å². The first-order valence-electron chi connectivity index (χ1n) is 9.17. The fourth-order valence-corrected chi connectivity index (χ4v) is 3.83. The molecule has 0 radical (unpaired) electrons. The maximum absolute atomic E-state index is 12.1. The Morgan fingerprint density at radius 3 is 2.62 bits per heavy atom. The van der Waals surface area contributed by atoms with Gasteiger partial charge in [0, 0.05) is 31.4 Å². The summed E-state index contributed by atoms with van der Waals surface area (Å²) in [5, 5.41) is 11.0. The highest BCUT2D eigenvalue weighted by Gasteiger charge is 2.19. The molecule has 148 valence electrons. The number of benzene rings is 1. The molecule has 1 unspecified atom stereocenters. The summed E-state index contributed by atoms with van der Waals surface area (Å²) in [5.74, 6) is 0.158. The fraction of sp³-hybridized carbons (Fsp3) is 0.667. The van der Waals surface area contributed by atoms with Crippen LogP contribution in [0.5, 0.6) is 0 Å². The predicted molar refractivity (Wildman–Crippen MR) is 102 cm³/mol. The molecule has 7 nitrogen and oxygen atoms in total. The Labute approximate surface area is 156 Å². The Morgan fingerprint density at radius 1 is 1.23 bits per heavy atom. The first kappa shape index (κ1) is 22.5. The number of hydrogen-bond donors (Lipinski definition) is 1. The quantitative estimate of drug-likeness (QED) is 0.299. The van der Waals surface area contributed by atoms with Crippen LogP contribution in [-0.2, 0) is 20.5 Å². The van der Waals surface area contributed by atoms with Crippen LogP contribution in [0, 0.1) is 16.0 Å². The molecule has 0 amide bonds. The van der Waals surface area contributed by atoms with E-state index < -0.39 is 20.7 Å². The average molecular weight is 387 g/mol. The summed E-state index contributed by atoms with van der Waals surface area (Å²) in [5.41, 5.74) is 0.00172. The van der Waals surface area contributed by atoms with Gasteiger partial charge < -0.3 is 4.74 Å². The molecule has 0 saturated carbocycles. The van der Waals surface area contributed by atoms with Gasteiger partial charge in [-0.15, -0.1) is 0 Å². The van der Waals surface area contributed by atoms with E-state index in [1.54, 1.807) is 6.07 Å². The lowest BCUT2D eigenvalue weighted by atomic mass is 10.0. The lowest BCUT2D eigenvalue weighted by molar-refractivity contribution is -0.385. The van der Waals surface area contributed by atoms with Crippen molar-refractivity contribution in [2.75, 3.05) is 19.8 Å². The molecule has 0 spiro atoms. The van der Waals surface area contributed by atoms with Gasteiger partial charge in [-0.05, 0) is 18.8 Å². The van der Waals surface area contributed by atoms with Crippen molar-refractivity contribution in [1.82, 2.24) is 4.72 Å². The van der Waals surface area contributed by atoms with Crippen molar-refractivity contribution in [3.05, 3.63) is 39.9 Å². The van der Waals surface area contributed by atoms with Crippen LogP contribution >= 0.6 is 0 Å². The third kappa shape index (κ3) is 8.73. The van der Waals surface area contributed by atoms with Gasteiger partial charge in [-0.25, -0.2) is 13.1 Å². The smallest absolute Gasteiger partial charge is 0.273 e. The van der Waals surface area contributed by atoms with E-state index in [0.717, 1.165) is 12.8 Å². The Kier molecular flexibility index (Phi) is 10.4. The highest BCUT2D eigenvalue weighted by Crippen LogP contribution is 2.19. The van der Waals surface area contributed by atoms with Gasteiger partial charge in [-0.1, -0.05) is 51.3 Å². The van der Waals surface area contributed by atoms with Crippen molar-refractivity contribution in [3.8, 4) is 0 Å². The minimum atomic E-state index is -3.62. The maximum atomic E-state index is 12.1. The van der Waals surface area contributed by atoms with Crippen LogP contribution in [0.2, 0.25) is 0 Å². The predicted octanol–water partition coefficient (Wildman–Crippen LogP) is 3.64. The lowest BCUT2D eigenvalue weighted by Gasteiger charge is -2.14. The molecule has 0 aliphatic rings. The zero-order chi connectivity index (χ0) is 19.4. The molecule has 1 N–H and O–H groups in total. The van der Waals surface area contributed by atoms with Crippen LogP contribution in [0.3, 0.4) is 0 Å². The largest absolute Gasteiger partial charge is 0.381 e. The van der Waals surface area contributed by atoms with E-state index in [9.17, 15) is 18.5 Å². The van der Waals surface area contributed by atoms with Gasteiger partial charge in [0.05, 0.1) is 10.7 Å². The van der Waals surface area contributed by atoms with Gasteiger partial charge >= 0.3 is 0 Å². The number of nitro groups is 1. The maximum Gasteiger partial charge on any atom is 0.273 e. The van der Waals surface area contributed by atoms with Crippen molar-refractivity contribution in [2.45, 2.75) is 51.7 Å². The molecule has 0 heterocycles. The van der Waals surface area contributed by atoms with Crippen molar-refractivity contribution >= 4 is 15.7 Å². The average Bonchev–Trinajstić information content (AvgIpc) is 2.60. The zero-order valence-electron chi connectivity index (χ0n) is 15.6. The molecule has 0 saturated heterocycles. The van der Waals surface area contributed by atoms with E-state index in [0.29, 0.717) is 25.6 Å². The second-order valence-corrected chi connectivity index (χ2v) is 8.19. The summed E-state index contributed by atoms with van der Waals surface area (Å²) in [4.78, 5) is 10.4. The number of hydrogen-bond acceptors (Lipinski definition) is 5. The Hall–Kier alpha value is -1.51. The van der Waals surface area contributed by atoms with Gasteiger partial charge in [0.2, 0.25) is 10.0 Å². The molecule has 1 aromatic rings. The Morgan fingerprint density at radius 2 is 1.96 bits per heavy atom. The minimum absolute atomic E-state index is 0.182. The number of unbranched alkanes of at least 4 members (excludes halogenated alkanes) is 1. The number of rotatable bonds is 14. The van der Waals surface area contributed by atoms with Crippen molar-refractivity contribution in [2.24, 2.45) is 5.92 Å². The Balaban J connectivity index is 2.33. The third-order valence-electron chi connectivity index (χ3n) is 4.22. The van der Waals surface area contributed by atoms with Gasteiger partial charge in [0.15, 0.2) is 0 Å². The number of para-hydroxylation sites is 1. The van der Waals surface area contributed by atoms with Crippen LogP contribution in [-0.4, -0.2) is 33.1 Å². The molecule has 26 heavy (non-hydrogen) atoms. The fourth-order valence-electron chi connectivity index (χ4n) is 2.62. The second kappa shape index (κ2) is 12.0. The summed E-state index contributed by atoms with van der Waals surface area (Å²) in [6.45, 7) is 5.79. The van der Waals surface area contributed by atoms with Crippen molar-refractivity contribution in [1.29, 1.82) is 0 Å². The topological polar surface area (TPSA) is 98.5 Å². The van der Waals surface area contributed by atoms with Crippen molar-refractivity contribution in [3.63, 3.8) is 0 Å². The molecule has 8 heteroatoms. The van der Waals surface area contributed by atoms with E-state index >= 15 is 0 Å². The third-order valence-corrected chi connectivity index (χ3v) is 5.55. The molecular weight excluding hydrogens is 356 g/mol. The molecule has 1 rings (SSSR count). The summed E-state index contributed by atoms with van der Waals surface area (Å²) >= 11 is 0. The van der Waals surface area contributed by atoms with Crippen molar-refractivity contribution < 1.29 is 18.1 Å². The van der Waals surface area contributed by atoms with Crippen LogP contribution in [0.25, 0.3) is 0 Å². The highest BCUT2D eigenvalue weighted by atomic mass is 32.2. The van der Waals surface area contributed by atoms with Gasteiger partial charge in [0.25, 0.3) is 5.69 Å². The molecule has 0 aliphatic heterocycles. The molecular formula is C18H30N2O5S. The summed E-state index contributed by atoms with van der Waals surface area (Å²) < 4.78 is 32.3. The summed E-state index contributed by atoms with van der Waals surface area (Å²) in [7, 11) is -3.62. The first-order chi connectivity index (χ1) is 12.4. The molecule has 0 fully saturated rings. The SMILES string of the molecule is CCCCC(CC)COCCCNS(=O)(=O)Cc1ccccc1[N+](=O)[O-]. The molecule has 1 atom stereocenters. The van der Waals surface area contributed by atoms with Gasteiger partial charge in [0.1, 0.15) is 0 Å². The Bertz CT molecular complexity index is 649. The number of nitro benzene ring substituents is 1. The van der Waals surface area contributed by atoms with E-state index in [1.807, 2.05) is 0 Å². The second-order valence-electron chi connectivity index (χ2n) is 6.38. The molecule has 0 aliphatic carbocycles. The number of nitrogens with one attached hydrogen (secondary N) is 1. The van der Waals surface area contributed by atoms with Gasteiger partial charge in [-0.3, -0.25) is 10.1 Å². The lowest BCUT2D eigenvalue weighted by Crippen LogP contribution is -2.27. The normalized spacial score (nSPS) is 12.8. The first-order valence-corrected chi connectivity index (χ1v) is 10.8. The van der Waals surface area contributed by atoms with Crippen LogP contribution in [0.1, 0.15) is 51.5 Å². The molecule has 0 bridgehead atoms. The van der Waals surface area contributed by atoms with Crippen LogP contribution < -0.4 is 4.72 Å².